The number of ether oxygens (including phenoxy) is 1. The number of allylic oxidation sites excluding steroid dienone is 1. The van der Waals surface area contributed by atoms with Crippen molar-refractivity contribution in [2.24, 2.45) is 0 Å². The van der Waals surface area contributed by atoms with Crippen LogP contribution in [0.4, 0.5) is 0 Å². The van der Waals surface area contributed by atoms with Crippen LogP contribution in [0.1, 0.15) is 16.1 Å². The lowest BCUT2D eigenvalue weighted by molar-refractivity contribution is 0.0564. The molecule has 0 spiro atoms. The number of fused-ring (bicyclic) bond motifs is 1. The van der Waals surface area contributed by atoms with E-state index in [4.69, 9.17) is 14.1 Å². The van der Waals surface area contributed by atoms with Gasteiger partial charge in [-0.2, -0.15) is 0 Å². The van der Waals surface area contributed by atoms with Gasteiger partial charge >= 0.3 is 5.97 Å². The minimum atomic E-state index is -0.534. The van der Waals surface area contributed by atoms with Gasteiger partial charge in [0.15, 0.2) is 5.16 Å². The van der Waals surface area contributed by atoms with Gasteiger partial charge in [0.05, 0.1) is 18.8 Å². The molecule has 1 aromatic carbocycles. The molecule has 152 valence electrons. The molecule has 0 bridgehead atoms. The summed E-state index contributed by atoms with van der Waals surface area (Å²) in [5.74, 6) is 0.0341. The first kappa shape index (κ1) is 20.2. The van der Waals surface area contributed by atoms with E-state index >= 15 is 0 Å². The molecule has 0 amide bonds. The number of benzene rings is 1. The molecule has 0 aliphatic rings. The Morgan fingerprint density at radius 1 is 1.33 bits per heavy atom. The average Bonchev–Trinajstić information content (AvgIpc) is 3.42. The third-order valence-electron chi connectivity index (χ3n) is 4.46. The van der Waals surface area contributed by atoms with Crippen LogP contribution in [-0.2, 0) is 17.0 Å². The number of hydrogen-bond acceptors (Lipinski definition) is 7. The topological polar surface area (TPSA) is 74.3 Å². The Hall–Kier alpha value is -3.10. The first-order chi connectivity index (χ1) is 14.6. The highest BCUT2D eigenvalue weighted by Gasteiger charge is 2.19. The van der Waals surface area contributed by atoms with Gasteiger partial charge in [-0.05, 0) is 17.7 Å². The summed E-state index contributed by atoms with van der Waals surface area (Å²) in [7, 11) is 1.31. The fourth-order valence-electron chi connectivity index (χ4n) is 3.01. The highest BCUT2D eigenvalue weighted by atomic mass is 32.2. The maximum atomic E-state index is 13.1. The molecule has 0 N–H and O–H groups in total. The molecule has 0 fully saturated rings. The molecule has 0 aliphatic heterocycles. The highest BCUT2D eigenvalue weighted by molar-refractivity contribution is 7.98. The molecule has 3 heterocycles. The van der Waals surface area contributed by atoms with Crippen LogP contribution in [0.25, 0.3) is 20.7 Å². The van der Waals surface area contributed by atoms with Crippen molar-refractivity contribution >= 4 is 39.3 Å². The van der Waals surface area contributed by atoms with Gasteiger partial charge in [0, 0.05) is 22.7 Å². The largest absolute Gasteiger partial charge is 0.463 e. The zero-order chi connectivity index (χ0) is 21.1. The van der Waals surface area contributed by atoms with E-state index in [1.165, 1.54) is 36.5 Å². The summed E-state index contributed by atoms with van der Waals surface area (Å²) in [5, 5.41) is 1.15. The molecule has 30 heavy (non-hydrogen) atoms. The molecule has 0 saturated heterocycles. The Morgan fingerprint density at radius 3 is 2.87 bits per heavy atom. The van der Waals surface area contributed by atoms with E-state index in [1.54, 1.807) is 16.7 Å². The Labute approximate surface area is 180 Å². The molecule has 6 nitrogen and oxygen atoms in total. The van der Waals surface area contributed by atoms with E-state index in [0.29, 0.717) is 33.2 Å². The number of carbonyl (C=O) groups is 1. The Kier molecular flexibility index (Phi) is 5.87. The lowest BCUT2D eigenvalue weighted by Gasteiger charge is -2.09. The van der Waals surface area contributed by atoms with Gasteiger partial charge in [-0.1, -0.05) is 48.2 Å². The van der Waals surface area contributed by atoms with Crippen LogP contribution < -0.4 is 5.56 Å². The fourth-order valence-corrected chi connectivity index (χ4v) is 5.07. The number of aromatic nitrogens is 2. The average molecular weight is 439 g/mol. The van der Waals surface area contributed by atoms with Crippen molar-refractivity contribution in [3.63, 3.8) is 0 Å². The molecule has 3 aromatic heterocycles. The molecule has 0 radical (unpaired) electrons. The summed E-state index contributed by atoms with van der Waals surface area (Å²) < 4.78 is 11.6. The molecule has 4 aromatic rings. The number of hydrogen-bond donors (Lipinski definition) is 0. The molecule has 0 aliphatic carbocycles. The van der Waals surface area contributed by atoms with Crippen molar-refractivity contribution < 1.29 is 13.9 Å². The van der Waals surface area contributed by atoms with Gasteiger partial charge in [0.2, 0.25) is 5.76 Å². The van der Waals surface area contributed by atoms with Gasteiger partial charge in [-0.15, -0.1) is 17.9 Å². The number of thioether (sulfide) groups is 1. The molecular formula is C22H18N2O4S2. The highest BCUT2D eigenvalue weighted by Crippen LogP contribution is 2.33. The maximum absolute atomic E-state index is 13.1. The summed E-state index contributed by atoms with van der Waals surface area (Å²) in [4.78, 5) is 31.4. The third kappa shape index (κ3) is 3.83. The van der Waals surface area contributed by atoms with Crippen LogP contribution in [-0.4, -0.2) is 22.6 Å². The van der Waals surface area contributed by atoms with E-state index in [1.807, 2.05) is 36.4 Å². The summed E-state index contributed by atoms with van der Waals surface area (Å²) >= 11 is 2.85. The van der Waals surface area contributed by atoms with Crippen LogP contribution >= 0.6 is 23.1 Å². The SMILES string of the molecule is C=CCn1c(SCc2ccoc2C(=O)OC)nc2sc(-c3ccccc3)cc2c1=O. The van der Waals surface area contributed by atoms with Crippen molar-refractivity contribution in [3.8, 4) is 10.4 Å². The lowest BCUT2D eigenvalue weighted by Crippen LogP contribution is -2.22. The molecular weight excluding hydrogens is 420 g/mol. The number of carbonyl (C=O) groups excluding carboxylic acids is 1. The molecule has 4 rings (SSSR count). The molecule has 0 unspecified atom stereocenters. The second kappa shape index (κ2) is 8.73. The smallest absolute Gasteiger partial charge is 0.374 e. The van der Waals surface area contributed by atoms with Gasteiger partial charge in [-0.25, -0.2) is 9.78 Å². The summed E-state index contributed by atoms with van der Waals surface area (Å²) in [6, 6.07) is 13.5. The molecule has 8 heteroatoms. The lowest BCUT2D eigenvalue weighted by atomic mass is 10.2. The van der Waals surface area contributed by atoms with Gasteiger partial charge in [0.1, 0.15) is 4.83 Å². The van der Waals surface area contributed by atoms with Crippen LogP contribution in [0.15, 0.2) is 75.8 Å². The number of esters is 1. The minimum Gasteiger partial charge on any atom is -0.463 e. The predicted octanol–water partition coefficient (Wildman–Crippen LogP) is 4.98. The summed E-state index contributed by atoms with van der Waals surface area (Å²) in [6.07, 6.45) is 3.11. The van der Waals surface area contributed by atoms with Gasteiger partial charge in [0.25, 0.3) is 5.56 Å². The first-order valence-electron chi connectivity index (χ1n) is 9.10. The van der Waals surface area contributed by atoms with E-state index in [0.717, 1.165) is 10.4 Å². The number of thiophene rings is 1. The van der Waals surface area contributed by atoms with Crippen molar-refractivity contribution in [3.05, 3.63) is 83.1 Å². The van der Waals surface area contributed by atoms with Gasteiger partial charge in [-0.3, -0.25) is 9.36 Å². The predicted molar refractivity (Wildman–Crippen MR) is 119 cm³/mol. The number of furan rings is 1. The Balaban J connectivity index is 1.73. The minimum absolute atomic E-state index is 0.110. The standard InChI is InChI=1S/C22H18N2O4S2/c1-3-10-24-20(25)16-12-17(14-7-5-4-6-8-14)30-19(16)23-22(24)29-13-15-9-11-28-18(15)21(26)27-2/h3-9,11-12H,1,10,13H2,2H3. The number of methoxy groups -OCH3 is 1. The summed E-state index contributed by atoms with van der Waals surface area (Å²) in [6.45, 7) is 4.10. The second-order valence-corrected chi connectivity index (χ2v) is 8.32. The van der Waals surface area contributed by atoms with Crippen molar-refractivity contribution in [2.75, 3.05) is 7.11 Å². The number of rotatable bonds is 7. The Morgan fingerprint density at radius 2 is 2.13 bits per heavy atom. The van der Waals surface area contributed by atoms with Crippen LogP contribution in [0, 0.1) is 0 Å². The molecule has 0 saturated carbocycles. The van der Waals surface area contributed by atoms with Crippen LogP contribution in [0.5, 0.6) is 0 Å². The summed E-state index contributed by atoms with van der Waals surface area (Å²) in [5.41, 5.74) is 1.62. The number of nitrogens with zero attached hydrogens (tertiary/aromatic N) is 2. The fraction of sp³-hybridized carbons (Fsp3) is 0.136. The second-order valence-electron chi connectivity index (χ2n) is 6.35. The van der Waals surface area contributed by atoms with Crippen molar-refractivity contribution in [1.29, 1.82) is 0 Å². The monoisotopic (exact) mass is 438 g/mol. The van der Waals surface area contributed by atoms with E-state index in [9.17, 15) is 9.59 Å². The normalized spacial score (nSPS) is 11.0. The van der Waals surface area contributed by atoms with E-state index < -0.39 is 5.97 Å². The zero-order valence-corrected chi connectivity index (χ0v) is 17.8. The van der Waals surface area contributed by atoms with Crippen LogP contribution in [0.2, 0.25) is 0 Å². The maximum Gasteiger partial charge on any atom is 0.374 e. The molecule has 0 atom stereocenters. The van der Waals surface area contributed by atoms with Gasteiger partial charge < -0.3 is 9.15 Å². The van der Waals surface area contributed by atoms with E-state index in [2.05, 4.69) is 6.58 Å². The quantitative estimate of drug-likeness (QED) is 0.175. The van der Waals surface area contributed by atoms with Crippen molar-refractivity contribution in [2.45, 2.75) is 17.5 Å². The third-order valence-corrected chi connectivity index (χ3v) is 6.56. The van der Waals surface area contributed by atoms with Crippen molar-refractivity contribution in [1.82, 2.24) is 9.55 Å². The van der Waals surface area contributed by atoms with Crippen LogP contribution in [0.3, 0.4) is 0 Å². The first-order valence-corrected chi connectivity index (χ1v) is 10.9. The van der Waals surface area contributed by atoms with E-state index in [-0.39, 0.29) is 11.3 Å². The zero-order valence-electron chi connectivity index (χ0n) is 16.2. The Bertz CT molecular complexity index is 1270.